The Hall–Kier alpha value is -2.14. The van der Waals surface area contributed by atoms with Crippen LogP contribution < -0.4 is 10.6 Å². The molecule has 2 N–H and O–H groups in total. The van der Waals surface area contributed by atoms with Crippen molar-refractivity contribution < 1.29 is 4.79 Å². The Morgan fingerprint density at radius 3 is 2.50 bits per heavy atom. The van der Waals surface area contributed by atoms with Crippen LogP contribution in [0.1, 0.15) is 16.8 Å². The molecule has 0 bridgehead atoms. The molecule has 0 saturated heterocycles. The minimum absolute atomic E-state index is 0.187. The molecule has 0 atom stereocenters. The Morgan fingerprint density at radius 1 is 1.10 bits per heavy atom. The first kappa shape index (κ1) is 14.3. The highest BCUT2D eigenvalue weighted by atomic mass is 32.1. The van der Waals surface area contributed by atoms with Crippen molar-refractivity contribution in [3.05, 3.63) is 60.4 Å². The number of carbonyl (C=O) groups excluding carboxylic acids is 1. The van der Waals surface area contributed by atoms with E-state index in [-0.39, 0.29) is 5.91 Å². The summed E-state index contributed by atoms with van der Waals surface area (Å²) in [5, 5.41) is 6.06. The minimum Gasteiger partial charge on any atom is -0.362 e. The van der Waals surface area contributed by atoms with Gasteiger partial charge < -0.3 is 9.88 Å². The number of aromatic nitrogens is 1. The number of rotatable bonds is 5. The van der Waals surface area contributed by atoms with E-state index in [0.717, 1.165) is 19.5 Å². The van der Waals surface area contributed by atoms with Gasteiger partial charge in [0.25, 0.3) is 5.91 Å². The van der Waals surface area contributed by atoms with Crippen LogP contribution in [0.4, 0.5) is 0 Å². The molecule has 1 aromatic carbocycles. The molecule has 0 spiro atoms. The summed E-state index contributed by atoms with van der Waals surface area (Å²) in [6.45, 7) is 1.65. The molecule has 0 radical (unpaired) electrons. The fourth-order valence-electron chi connectivity index (χ4n) is 1.79. The molecule has 0 saturated carbocycles. The van der Waals surface area contributed by atoms with Crippen molar-refractivity contribution >= 4 is 23.2 Å². The van der Waals surface area contributed by atoms with E-state index in [4.69, 9.17) is 12.2 Å². The van der Waals surface area contributed by atoms with Crippen LogP contribution in [0, 0.1) is 0 Å². The fraction of sp³-hybridized carbons (Fsp3) is 0.200. The Labute approximate surface area is 123 Å². The van der Waals surface area contributed by atoms with Gasteiger partial charge in [-0.15, -0.1) is 0 Å². The number of aryl methyl sites for hydroxylation is 1. The maximum atomic E-state index is 11.8. The number of hydrogen-bond donors (Lipinski definition) is 2. The average Bonchev–Trinajstić information content (AvgIpc) is 2.98. The molecule has 1 amide bonds. The lowest BCUT2D eigenvalue weighted by Crippen LogP contribution is -2.39. The minimum atomic E-state index is -0.187. The van der Waals surface area contributed by atoms with Gasteiger partial charge in [-0.25, -0.2) is 0 Å². The molecule has 0 fully saturated rings. The summed E-state index contributed by atoms with van der Waals surface area (Å²) in [5.74, 6) is -0.187. The molecule has 0 aliphatic carbocycles. The van der Waals surface area contributed by atoms with Crippen molar-refractivity contribution in [2.45, 2.75) is 13.0 Å². The first-order chi connectivity index (χ1) is 9.75. The highest BCUT2D eigenvalue weighted by Gasteiger charge is 2.05. The van der Waals surface area contributed by atoms with Crippen molar-refractivity contribution in [1.29, 1.82) is 0 Å². The number of hydrogen-bond acceptors (Lipinski definition) is 2. The second-order valence-electron chi connectivity index (χ2n) is 4.35. The summed E-state index contributed by atoms with van der Waals surface area (Å²) >= 11 is 5.09. The molecule has 0 aliphatic heterocycles. The first-order valence-corrected chi connectivity index (χ1v) is 6.91. The number of thiocarbonyl (C=S) groups is 1. The van der Waals surface area contributed by atoms with Crippen LogP contribution in [0.2, 0.25) is 0 Å². The molecule has 2 aromatic rings. The smallest absolute Gasteiger partial charge is 0.257 e. The van der Waals surface area contributed by atoms with Gasteiger partial charge in [-0.1, -0.05) is 18.2 Å². The van der Waals surface area contributed by atoms with Gasteiger partial charge in [-0.2, -0.15) is 0 Å². The summed E-state index contributed by atoms with van der Waals surface area (Å²) in [6.07, 6.45) is 4.99. The summed E-state index contributed by atoms with van der Waals surface area (Å²) in [5.41, 5.74) is 0.601. The third kappa shape index (κ3) is 4.51. The molecule has 4 nitrogen and oxygen atoms in total. The summed E-state index contributed by atoms with van der Waals surface area (Å²) in [6, 6.07) is 13.0. The van der Waals surface area contributed by atoms with Crippen LogP contribution in [-0.4, -0.2) is 22.1 Å². The van der Waals surface area contributed by atoms with Gasteiger partial charge in [0.1, 0.15) is 0 Å². The number of carbonyl (C=O) groups is 1. The fourth-order valence-corrected chi connectivity index (χ4v) is 1.99. The maximum Gasteiger partial charge on any atom is 0.257 e. The lowest BCUT2D eigenvalue weighted by Gasteiger charge is -2.09. The second kappa shape index (κ2) is 7.45. The summed E-state index contributed by atoms with van der Waals surface area (Å²) in [7, 11) is 0. The van der Waals surface area contributed by atoms with Crippen LogP contribution in [0.3, 0.4) is 0 Å². The predicted octanol–water partition coefficient (Wildman–Crippen LogP) is 2.18. The zero-order valence-corrected chi connectivity index (χ0v) is 11.9. The molecule has 5 heteroatoms. The lowest BCUT2D eigenvalue weighted by molar-refractivity contribution is 0.0976. The number of nitrogens with one attached hydrogen (secondary N) is 2. The summed E-state index contributed by atoms with van der Waals surface area (Å²) < 4.78 is 2.10. The molecular weight excluding hydrogens is 270 g/mol. The van der Waals surface area contributed by atoms with Crippen molar-refractivity contribution in [3.8, 4) is 0 Å². The zero-order valence-electron chi connectivity index (χ0n) is 11.1. The first-order valence-electron chi connectivity index (χ1n) is 6.51. The second-order valence-corrected chi connectivity index (χ2v) is 4.76. The van der Waals surface area contributed by atoms with Gasteiger partial charge in [0.15, 0.2) is 5.11 Å². The Bertz CT molecular complexity index is 552. The van der Waals surface area contributed by atoms with Crippen LogP contribution in [0.15, 0.2) is 54.9 Å². The monoisotopic (exact) mass is 287 g/mol. The van der Waals surface area contributed by atoms with Gasteiger partial charge in [0, 0.05) is 31.0 Å². The molecule has 104 valence electrons. The predicted molar refractivity (Wildman–Crippen MR) is 83.6 cm³/mol. The van der Waals surface area contributed by atoms with Gasteiger partial charge >= 0.3 is 0 Å². The summed E-state index contributed by atoms with van der Waals surface area (Å²) in [4.78, 5) is 11.8. The van der Waals surface area contributed by atoms with E-state index < -0.39 is 0 Å². The third-order valence-electron chi connectivity index (χ3n) is 2.81. The van der Waals surface area contributed by atoms with Crippen LogP contribution in [0.5, 0.6) is 0 Å². The Morgan fingerprint density at radius 2 is 1.80 bits per heavy atom. The number of nitrogens with zero attached hydrogens (tertiary/aromatic N) is 1. The SMILES string of the molecule is O=C(NC(=S)NCCCn1cccc1)c1ccccc1. The van der Waals surface area contributed by atoms with E-state index in [1.54, 1.807) is 12.1 Å². The standard InChI is InChI=1S/C15H17N3OS/c19-14(13-7-2-1-3-8-13)17-15(20)16-9-6-12-18-10-4-5-11-18/h1-5,7-8,10-11H,6,9,12H2,(H2,16,17,19,20). The van der Waals surface area contributed by atoms with Crippen molar-refractivity contribution in [1.82, 2.24) is 15.2 Å². The number of amides is 1. The average molecular weight is 287 g/mol. The Balaban J connectivity index is 1.66. The van der Waals surface area contributed by atoms with Crippen LogP contribution in [-0.2, 0) is 6.54 Å². The quantitative estimate of drug-likeness (QED) is 0.654. The molecule has 0 aliphatic rings. The van der Waals surface area contributed by atoms with E-state index in [2.05, 4.69) is 15.2 Å². The van der Waals surface area contributed by atoms with E-state index in [0.29, 0.717) is 10.7 Å². The lowest BCUT2D eigenvalue weighted by atomic mass is 10.2. The normalized spacial score (nSPS) is 10.0. The van der Waals surface area contributed by atoms with Crippen molar-refractivity contribution in [3.63, 3.8) is 0 Å². The van der Waals surface area contributed by atoms with Gasteiger partial charge in [0.2, 0.25) is 0 Å². The zero-order chi connectivity index (χ0) is 14.2. The molecule has 20 heavy (non-hydrogen) atoms. The maximum absolute atomic E-state index is 11.8. The third-order valence-corrected chi connectivity index (χ3v) is 3.05. The van der Waals surface area contributed by atoms with Crippen molar-refractivity contribution in [2.24, 2.45) is 0 Å². The molecule has 0 unspecified atom stereocenters. The van der Waals surface area contributed by atoms with E-state index in [1.165, 1.54) is 0 Å². The highest BCUT2D eigenvalue weighted by molar-refractivity contribution is 7.80. The Kier molecular flexibility index (Phi) is 5.32. The highest BCUT2D eigenvalue weighted by Crippen LogP contribution is 1.97. The molecule has 1 heterocycles. The van der Waals surface area contributed by atoms with E-state index in [1.807, 2.05) is 42.7 Å². The van der Waals surface area contributed by atoms with Gasteiger partial charge in [0.05, 0.1) is 0 Å². The van der Waals surface area contributed by atoms with Crippen molar-refractivity contribution in [2.75, 3.05) is 6.54 Å². The van der Waals surface area contributed by atoms with E-state index in [9.17, 15) is 4.79 Å². The molecule has 1 aromatic heterocycles. The molecule has 2 rings (SSSR count). The van der Waals surface area contributed by atoms with Gasteiger partial charge in [-0.05, 0) is 42.9 Å². The number of benzene rings is 1. The van der Waals surface area contributed by atoms with Crippen LogP contribution >= 0.6 is 12.2 Å². The topological polar surface area (TPSA) is 46.1 Å². The largest absolute Gasteiger partial charge is 0.362 e. The van der Waals surface area contributed by atoms with Crippen LogP contribution in [0.25, 0.3) is 0 Å². The molecular formula is C15H17N3OS. The van der Waals surface area contributed by atoms with E-state index >= 15 is 0 Å². The van der Waals surface area contributed by atoms with Gasteiger partial charge in [-0.3, -0.25) is 10.1 Å².